The zero-order valence-electron chi connectivity index (χ0n) is 10.7. The third-order valence-electron chi connectivity index (χ3n) is 3.86. The van der Waals surface area contributed by atoms with Crippen molar-refractivity contribution in [1.82, 2.24) is 9.88 Å². The molecule has 1 aromatic heterocycles. The number of rotatable bonds is 4. The minimum absolute atomic E-state index is 0.227. The van der Waals surface area contributed by atoms with Crippen LogP contribution in [0.4, 0.5) is 0 Å². The quantitative estimate of drug-likeness (QED) is 0.921. The van der Waals surface area contributed by atoms with Crippen LogP contribution < -0.4 is 5.32 Å². The number of hydrogen-bond acceptors (Lipinski definition) is 1. The number of aromatic nitrogens is 1. The molecule has 1 aromatic carbocycles. The summed E-state index contributed by atoms with van der Waals surface area (Å²) in [6.45, 7) is 1.53. The van der Waals surface area contributed by atoms with Crippen LogP contribution in [0.1, 0.15) is 19.3 Å². The summed E-state index contributed by atoms with van der Waals surface area (Å²) < 4.78 is 3.28. The van der Waals surface area contributed by atoms with Crippen molar-refractivity contribution in [3.8, 4) is 0 Å². The van der Waals surface area contributed by atoms with Gasteiger partial charge in [-0.25, -0.2) is 0 Å². The fourth-order valence-corrected chi connectivity index (χ4v) is 2.86. The maximum absolute atomic E-state index is 11.7. The number of nitrogens with one attached hydrogen (secondary N) is 1. The Balaban J connectivity index is 1.60. The average Bonchev–Trinajstić information content (AvgIpc) is 2.69. The van der Waals surface area contributed by atoms with Crippen molar-refractivity contribution in [3.63, 3.8) is 0 Å². The zero-order valence-corrected chi connectivity index (χ0v) is 12.3. The Morgan fingerprint density at radius 1 is 1.37 bits per heavy atom. The SMILES string of the molecule is O=C(NCCn1ccc2cc(Br)ccc21)C1CCC1. The van der Waals surface area contributed by atoms with Gasteiger partial charge in [-0.05, 0) is 37.1 Å². The van der Waals surface area contributed by atoms with Gasteiger partial charge in [0.2, 0.25) is 5.91 Å². The fraction of sp³-hybridized carbons (Fsp3) is 0.400. The van der Waals surface area contributed by atoms with Gasteiger partial charge in [-0.2, -0.15) is 0 Å². The summed E-state index contributed by atoms with van der Waals surface area (Å²) in [6.07, 6.45) is 5.40. The van der Waals surface area contributed by atoms with Gasteiger partial charge in [-0.3, -0.25) is 4.79 Å². The Labute approximate surface area is 121 Å². The standard InChI is InChI=1S/C15H17BrN2O/c16-13-4-5-14-12(10-13)6-8-18(14)9-7-17-15(19)11-2-1-3-11/h4-6,8,10-11H,1-3,7,9H2,(H,17,19). The summed E-state index contributed by atoms with van der Waals surface area (Å²) in [6, 6.07) is 8.37. The van der Waals surface area contributed by atoms with Gasteiger partial charge in [0.05, 0.1) is 0 Å². The van der Waals surface area contributed by atoms with Gasteiger partial charge in [-0.15, -0.1) is 0 Å². The summed E-state index contributed by atoms with van der Waals surface area (Å²) in [5.74, 6) is 0.503. The van der Waals surface area contributed by atoms with Crippen molar-refractivity contribution in [3.05, 3.63) is 34.9 Å². The molecule has 0 radical (unpaired) electrons. The molecule has 1 amide bonds. The first-order valence-electron chi connectivity index (χ1n) is 6.76. The van der Waals surface area contributed by atoms with Gasteiger partial charge in [0.1, 0.15) is 0 Å². The van der Waals surface area contributed by atoms with Crippen LogP contribution in [0.15, 0.2) is 34.9 Å². The molecule has 3 rings (SSSR count). The molecule has 3 nitrogen and oxygen atoms in total. The van der Waals surface area contributed by atoms with Crippen LogP contribution >= 0.6 is 15.9 Å². The van der Waals surface area contributed by atoms with E-state index in [2.05, 4.69) is 50.2 Å². The van der Waals surface area contributed by atoms with Crippen molar-refractivity contribution < 1.29 is 4.79 Å². The van der Waals surface area contributed by atoms with Crippen molar-refractivity contribution >= 4 is 32.7 Å². The van der Waals surface area contributed by atoms with Gasteiger partial charge in [-0.1, -0.05) is 22.4 Å². The number of fused-ring (bicyclic) bond motifs is 1. The summed E-state index contributed by atoms with van der Waals surface area (Å²) >= 11 is 3.48. The highest BCUT2D eigenvalue weighted by atomic mass is 79.9. The minimum Gasteiger partial charge on any atom is -0.354 e. The van der Waals surface area contributed by atoms with Crippen LogP contribution in [-0.4, -0.2) is 17.0 Å². The number of benzene rings is 1. The van der Waals surface area contributed by atoms with E-state index in [1.807, 2.05) is 6.07 Å². The Hall–Kier alpha value is -1.29. The fourth-order valence-electron chi connectivity index (χ4n) is 2.48. The largest absolute Gasteiger partial charge is 0.354 e. The lowest BCUT2D eigenvalue weighted by Crippen LogP contribution is -2.36. The van der Waals surface area contributed by atoms with Crippen LogP contribution in [0.25, 0.3) is 10.9 Å². The predicted molar refractivity (Wildman–Crippen MR) is 80.0 cm³/mol. The lowest BCUT2D eigenvalue weighted by molar-refractivity contribution is -0.127. The molecule has 1 aliphatic carbocycles. The molecule has 1 aliphatic rings. The maximum Gasteiger partial charge on any atom is 0.223 e. The highest BCUT2D eigenvalue weighted by Crippen LogP contribution is 2.26. The van der Waals surface area contributed by atoms with Crippen molar-refractivity contribution in [2.45, 2.75) is 25.8 Å². The number of carbonyl (C=O) groups is 1. The van der Waals surface area contributed by atoms with Crippen molar-refractivity contribution in [2.75, 3.05) is 6.54 Å². The maximum atomic E-state index is 11.7. The Morgan fingerprint density at radius 3 is 2.95 bits per heavy atom. The lowest BCUT2D eigenvalue weighted by atomic mass is 9.85. The van der Waals surface area contributed by atoms with E-state index in [0.717, 1.165) is 23.9 Å². The first kappa shape index (κ1) is 12.7. The molecule has 19 heavy (non-hydrogen) atoms. The van der Waals surface area contributed by atoms with E-state index in [0.29, 0.717) is 6.54 Å². The number of hydrogen-bond donors (Lipinski definition) is 1. The molecule has 0 saturated heterocycles. The monoisotopic (exact) mass is 320 g/mol. The predicted octanol–water partition coefficient (Wildman–Crippen LogP) is 3.32. The number of nitrogens with zero attached hydrogens (tertiary/aromatic N) is 1. The molecule has 4 heteroatoms. The second-order valence-corrected chi connectivity index (χ2v) is 6.05. The Morgan fingerprint density at radius 2 is 2.21 bits per heavy atom. The van der Waals surface area contributed by atoms with Gasteiger partial charge >= 0.3 is 0 Å². The van der Waals surface area contributed by atoms with Gasteiger partial charge in [0.25, 0.3) is 0 Å². The van der Waals surface area contributed by atoms with Gasteiger partial charge in [0.15, 0.2) is 0 Å². The Bertz CT molecular complexity index is 601. The second-order valence-electron chi connectivity index (χ2n) is 5.13. The summed E-state index contributed by atoms with van der Waals surface area (Å²) in [7, 11) is 0. The third-order valence-corrected chi connectivity index (χ3v) is 4.35. The Kier molecular flexibility index (Phi) is 3.60. The van der Waals surface area contributed by atoms with E-state index in [-0.39, 0.29) is 11.8 Å². The molecule has 1 heterocycles. The van der Waals surface area contributed by atoms with E-state index in [1.165, 1.54) is 17.3 Å². The summed E-state index contributed by atoms with van der Waals surface area (Å²) in [5, 5.41) is 4.25. The summed E-state index contributed by atoms with van der Waals surface area (Å²) in [4.78, 5) is 11.7. The molecule has 2 aromatic rings. The second kappa shape index (κ2) is 5.37. The van der Waals surface area contributed by atoms with Crippen molar-refractivity contribution in [1.29, 1.82) is 0 Å². The number of halogens is 1. The molecule has 0 bridgehead atoms. The first-order chi connectivity index (χ1) is 9.24. The minimum atomic E-state index is 0.227. The highest BCUT2D eigenvalue weighted by molar-refractivity contribution is 9.10. The summed E-state index contributed by atoms with van der Waals surface area (Å²) in [5.41, 5.74) is 1.21. The van der Waals surface area contributed by atoms with Crippen molar-refractivity contribution in [2.24, 2.45) is 5.92 Å². The van der Waals surface area contributed by atoms with Crippen LogP contribution in [0.5, 0.6) is 0 Å². The molecule has 1 N–H and O–H groups in total. The van der Waals surface area contributed by atoms with E-state index < -0.39 is 0 Å². The molecule has 100 valence electrons. The molecule has 0 unspecified atom stereocenters. The molecule has 0 aliphatic heterocycles. The number of carbonyl (C=O) groups excluding carboxylic acids is 1. The zero-order chi connectivity index (χ0) is 13.2. The topological polar surface area (TPSA) is 34.0 Å². The molecule has 1 fully saturated rings. The van der Waals surface area contributed by atoms with Crippen LogP contribution in [-0.2, 0) is 11.3 Å². The van der Waals surface area contributed by atoms with E-state index in [4.69, 9.17) is 0 Å². The molecule has 0 atom stereocenters. The molecule has 0 spiro atoms. The molecular formula is C15H17BrN2O. The van der Waals surface area contributed by atoms with Gasteiger partial charge < -0.3 is 9.88 Å². The van der Waals surface area contributed by atoms with Crippen LogP contribution in [0.2, 0.25) is 0 Å². The van der Waals surface area contributed by atoms with Gasteiger partial charge in [0, 0.05) is 40.6 Å². The highest BCUT2D eigenvalue weighted by Gasteiger charge is 2.24. The smallest absolute Gasteiger partial charge is 0.223 e. The van der Waals surface area contributed by atoms with E-state index >= 15 is 0 Å². The third kappa shape index (κ3) is 2.68. The number of amides is 1. The molecule has 1 saturated carbocycles. The van der Waals surface area contributed by atoms with E-state index in [1.54, 1.807) is 0 Å². The normalized spacial score (nSPS) is 15.4. The van der Waals surface area contributed by atoms with Crippen LogP contribution in [0.3, 0.4) is 0 Å². The first-order valence-corrected chi connectivity index (χ1v) is 7.55. The van der Waals surface area contributed by atoms with E-state index in [9.17, 15) is 4.79 Å². The average molecular weight is 321 g/mol. The van der Waals surface area contributed by atoms with Crippen LogP contribution in [0, 0.1) is 5.92 Å². The lowest BCUT2D eigenvalue weighted by Gasteiger charge is -2.24. The molecular weight excluding hydrogens is 304 g/mol.